The van der Waals surface area contributed by atoms with Gasteiger partial charge in [-0.05, 0) is 24.1 Å². The summed E-state index contributed by atoms with van der Waals surface area (Å²) in [5, 5.41) is 11.1. The van der Waals surface area contributed by atoms with E-state index >= 15 is 0 Å². The number of benzene rings is 1. The van der Waals surface area contributed by atoms with Gasteiger partial charge in [-0.3, -0.25) is 4.79 Å². The monoisotopic (exact) mass is 363 g/mol. The molecule has 0 aliphatic carbocycles. The van der Waals surface area contributed by atoms with E-state index in [9.17, 15) is 18.0 Å². The molecule has 0 saturated carbocycles. The smallest absolute Gasteiger partial charge is 0.341 e. The summed E-state index contributed by atoms with van der Waals surface area (Å²) in [6.45, 7) is 2.97. The van der Waals surface area contributed by atoms with Gasteiger partial charge in [-0.25, -0.2) is 13.2 Å². The number of nitrogens with one attached hydrogen (secondary N) is 1. The van der Waals surface area contributed by atoms with Crippen molar-refractivity contribution in [3.63, 3.8) is 0 Å². The second kappa shape index (κ2) is 8.16. The van der Waals surface area contributed by atoms with Crippen LogP contribution in [0, 0.1) is 5.92 Å². The molecular weight excluding hydrogens is 346 g/mol. The molecule has 9 heteroatoms. The van der Waals surface area contributed by atoms with Crippen LogP contribution in [0.25, 0.3) is 0 Å². The normalized spacial score (nSPS) is 11.3. The van der Waals surface area contributed by atoms with E-state index in [1.807, 2.05) is 0 Å². The Hall–Kier alpha value is -1.80. The Balaban J connectivity index is 2.69. The molecule has 0 atom stereocenters. The van der Waals surface area contributed by atoms with Crippen molar-refractivity contribution in [2.45, 2.75) is 13.8 Å². The predicted molar refractivity (Wildman–Crippen MR) is 86.7 cm³/mol. The molecule has 0 aromatic heterocycles. The van der Waals surface area contributed by atoms with Gasteiger partial charge in [0, 0.05) is 5.69 Å². The van der Waals surface area contributed by atoms with Crippen LogP contribution >= 0.6 is 11.6 Å². The number of halogens is 1. The first-order valence-electron chi connectivity index (χ1n) is 6.73. The zero-order valence-electron chi connectivity index (χ0n) is 12.7. The number of carboxylic acids is 1. The minimum absolute atomic E-state index is 0.0621. The number of ether oxygens (including phenoxy) is 1. The number of carbonyl (C=O) groups excluding carboxylic acids is 1. The molecule has 0 fully saturated rings. The second-order valence-corrected chi connectivity index (χ2v) is 7.84. The van der Waals surface area contributed by atoms with Gasteiger partial charge >= 0.3 is 5.97 Å². The molecule has 0 unspecified atom stereocenters. The highest BCUT2D eigenvalue weighted by molar-refractivity contribution is 7.92. The van der Waals surface area contributed by atoms with Crippen molar-refractivity contribution in [1.29, 1.82) is 0 Å². The van der Waals surface area contributed by atoms with Gasteiger partial charge in [0.05, 0.1) is 10.8 Å². The molecule has 0 bridgehead atoms. The van der Waals surface area contributed by atoms with Crippen molar-refractivity contribution >= 4 is 39.0 Å². The van der Waals surface area contributed by atoms with E-state index in [1.54, 1.807) is 13.8 Å². The summed E-state index contributed by atoms with van der Waals surface area (Å²) in [5.74, 6) is -2.40. The highest BCUT2D eigenvalue weighted by Gasteiger charge is 2.18. The van der Waals surface area contributed by atoms with Gasteiger partial charge in [-0.1, -0.05) is 25.4 Å². The average Bonchev–Trinajstić information content (AvgIpc) is 2.34. The zero-order chi connectivity index (χ0) is 17.6. The minimum Gasteiger partial charge on any atom is -0.480 e. The van der Waals surface area contributed by atoms with Crippen LogP contribution in [0.4, 0.5) is 5.69 Å². The molecule has 0 radical (unpaired) electrons. The number of anilines is 1. The summed E-state index contributed by atoms with van der Waals surface area (Å²) in [7, 11) is -3.47. The fourth-order valence-electron chi connectivity index (χ4n) is 1.80. The largest absolute Gasteiger partial charge is 0.480 e. The Bertz CT molecular complexity index is 687. The summed E-state index contributed by atoms with van der Waals surface area (Å²) in [5.41, 5.74) is 0.294. The van der Waals surface area contributed by atoms with Crippen molar-refractivity contribution in [3.8, 4) is 5.75 Å². The maximum Gasteiger partial charge on any atom is 0.341 e. The van der Waals surface area contributed by atoms with E-state index in [1.165, 1.54) is 18.2 Å². The molecule has 1 aromatic carbocycles. The molecular formula is C14H18ClNO6S. The lowest BCUT2D eigenvalue weighted by Crippen LogP contribution is -2.26. The number of hydrogen-bond donors (Lipinski definition) is 2. The molecule has 128 valence electrons. The second-order valence-electron chi connectivity index (χ2n) is 5.32. The zero-order valence-corrected chi connectivity index (χ0v) is 14.3. The summed E-state index contributed by atoms with van der Waals surface area (Å²) < 4.78 is 28.4. The molecule has 0 spiro atoms. The number of carboxylic acid groups (broad SMARTS) is 1. The van der Waals surface area contributed by atoms with Gasteiger partial charge in [0.2, 0.25) is 5.91 Å². The Kier molecular flexibility index (Phi) is 6.83. The van der Waals surface area contributed by atoms with Gasteiger partial charge < -0.3 is 15.2 Å². The topological polar surface area (TPSA) is 110 Å². The summed E-state index contributed by atoms with van der Waals surface area (Å²) >= 11 is 5.91. The van der Waals surface area contributed by atoms with Crippen LogP contribution in [0.5, 0.6) is 5.75 Å². The number of rotatable bonds is 8. The van der Waals surface area contributed by atoms with Crippen molar-refractivity contribution in [1.82, 2.24) is 0 Å². The lowest BCUT2D eigenvalue weighted by atomic mass is 10.3. The van der Waals surface area contributed by atoms with Crippen LogP contribution < -0.4 is 10.1 Å². The van der Waals surface area contributed by atoms with E-state index in [-0.39, 0.29) is 22.4 Å². The average molecular weight is 364 g/mol. The van der Waals surface area contributed by atoms with Crippen molar-refractivity contribution in [2.75, 3.05) is 23.4 Å². The fourth-order valence-corrected chi connectivity index (χ4v) is 3.64. The quantitative estimate of drug-likeness (QED) is 0.728. The van der Waals surface area contributed by atoms with Crippen LogP contribution in [0.1, 0.15) is 13.8 Å². The number of aliphatic carboxylic acids is 1. The molecule has 0 aliphatic heterocycles. The molecule has 0 saturated heterocycles. The molecule has 23 heavy (non-hydrogen) atoms. The van der Waals surface area contributed by atoms with Gasteiger partial charge in [0.25, 0.3) is 0 Å². The van der Waals surface area contributed by atoms with Crippen LogP contribution in [0.3, 0.4) is 0 Å². The number of hydrogen-bond acceptors (Lipinski definition) is 5. The first kappa shape index (κ1) is 19.2. The number of amides is 1. The minimum atomic E-state index is -3.47. The highest BCUT2D eigenvalue weighted by Crippen LogP contribution is 2.27. The van der Waals surface area contributed by atoms with Crippen molar-refractivity contribution in [3.05, 3.63) is 23.2 Å². The van der Waals surface area contributed by atoms with Crippen LogP contribution in [0.2, 0.25) is 5.02 Å². The predicted octanol–water partition coefficient (Wildman–Crippen LogP) is 1.81. The van der Waals surface area contributed by atoms with Gasteiger partial charge in [-0.15, -0.1) is 0 Å². The molecule has 1 aromatic rings. The lowest BCUT2D eigenvalue weighted by Gasteiger charge is -2.10. The summed E-state index contributed by atoms with van der Waals surface area (Å²) in [6.07, 6.45) is 0. The van der Waals surface area contributed by atoms with E-state index < -0.39 is 34.1 Å². The Morgan fingerprint density at radius 3 is 2.52 bits per heavy atom. The lowest BCUT2D eigenvalue weighted by molar-refractivity contribution is -0.139. The van der Waals surface area contributed by atoms with Crippen LogP contribution in [-0.4, -0.2) is 43.5 Å². The van der Waals surface area contributed by atoms with Gasteiger partial charge in [0.15, 0.2) is 16.4 Å². The van der Waals surface area contributed by atoms with E-state index in [2.05, 4.69) is 5.32 Å². The van der Waals surface area contributed by atoms with Gasteiger partial charge in [-0.2, -0.15) is 0 Å². The van der Waals surface area contributed by atoms with E-state index in [4.69, 9.17) is 21.4 Å². The third-order valence-electron chi connectivity index (χ3n) is 2.51. The third-order valence-corrected chi connectivity index (χ3v) is 4.68. The van der Waals surface area contributed by atoms with Crippen LogP contribution in [0.15, 0.2) is 18.2 Å². The molecule has 1 amide bonds. The number of carbonyl (C=O) groups is 2. The van der Waals surface area contributed by atoms with Crippen molar-refractivity contribution < 1.29 is 27.9 Å². The molecule has 2 N–H and O–H groups in total. The Morgan fingerprint density at radius 1 is 1.35 bits per heavy atom. The maximum absolute atomic E-state index is 11.8. The summed E-state index contributed by atoms with van der Waals surface area (Å²) in [4.78, 5) is 22.2. The maximum atomic E-state index is 11.8. The first-order valence-corrected chi connectivity index (χ1v) is 8.93. The van der Waals surface area contributed by atoms with E-state index in [0.29, 0.717) is 5.69 Å². The van der Waals surface area contributed by atoms with Crippen LogP contribution in [-0.2, 0) is 19.4 Å². The number of sulfone groups is 1. The standard InChI is InChI=1S/C14H18ClNO6S/c1-9(2)7-23(20,21)8-13(17)16-10-3-4-12(11(15)5-10)22-6-14(18)19/h3-5,9H,6-8H2,1-2H3,(H,16,17)(H,18,19). The SMILES string of the molecule is CC(C)CS(=O)(=O)CC(=O)Nc1ccc(OCC(=O)O)c(Cl)c1. The van der Waals surface area contributed by atoms with Crippen molar-refractivity contribution in [2.24, 2.45) is 5.92 Å². The molecule has 7 nitrogen and oxygen atoms in total. The van der Waals surface area contributed by atoms with Gasteiger partial charge in [0.1, 0.15) is 11.5 Å². The first-order chi connectivity index (χ1) is 10.6. The molecule has 1 rings (SSSR count). The third kappa shape index (κ3) is 7.34. The molecule has 0 aliphatic rings. The fraction of sp³-hybridized carbons (Fsp3) is 0.429. The Labute approximate surface area is 139 Å². The van der Waals surface area contributed by atoms with E-state index in [0.717, 1.165) is 0 Å². The summed E-state index contributed by atoms with van der Waals surface area (Å²) in [6, 6.07) is 4.19. The molecule has 0 heterocycles. The Morgan fingerprint density at radius 2 is 2.00 bits per heavy atom. The highest BCUT2D eigenvalue weighted by atomic mass is 35.5.